The van der Waals surface area contributed by atoms with Crippen LogP contribution in [0.4, 0.5) is 0 Å². The Morgan fingerprint density at radius 3 is 2.19 bits per heavy atom. The first-order chi connectivity index (χ1) is 15.5. The van der Waals surface area contributed by atoms with Crippen molar-refractivity contribution in [1.29, 1.82) is 0 Å². The lowest BCUT2D eigenvalue weighted by Crippen LogP contribution is -2.52. The minimum atomic E-state index is -3.41. The van der Waals surface area contributed by atoms with Gasteiger partial charge in [-0.1, -0.05) is 42.5 Å². The van der Waals surface area contributed by atoms with Gasteiger partial charge < -0.3 is 10.1 Å². The topological polar surface area (TPSA) is 79.0 Å². The minimum absolute atomic E-state index is 0.190. The standard InChI is InChI=1S/C24H31N3O4S/c1-31-22-12-6-5-11-21(22)23(28)25-19-24(20-9-3-2-4-10-20)13-17-27(18-14-24)32(29,30)26-15-7-8-16-26/h2-6,9-12H,7-8,13-19H2,1H3,(H,25,28). The molecule has 1 N–H and O–H groups in total. The maximum Gasteiger partial charge on any atom is 0.281 e. The van der Waals surface area contributed by atoms with Crippen LogP contribution in [-0.4, -0.2) is 62.8 Å². The summed E-state index contributed by atoms with van der Waals surface area (Å²) in [7, 11) is -1.86. The lowest BCUT2D eigenvalue weighted by molar-refractivity contribution is 0.0929. The Labute approximate surface area is 190 Å². The number of hydrogen-bond acceptors (Lipinski definition) is 4. The van der Waals surface area contributed by atoms with Gasteiger partial charge in [0.15, 0.2) is 0 Å². The molecule has 172 valence electrons. The van der Waals surface area contributed by atoms with Crippen LogP contribution in [-0.2, 0) is 15.6 Å². The number of benzene rings is 2. The van der Waals surface area contributed by atoms with Crippen molar-refractivity contribution in [3.63, 3.8) is 0 Å². The van der Waals surface area contributed by atoms with E-state index < -0.39 is 10.2 Å². The van der Waals surface area contributed by atoms with Crippen LogP contribution >= 0.6 is 0 Å². The predicted molar refractivity (Wildman–Crippen MR) is 124 cm³/mol. The summed E-state index contributed by atoms with van der Waals surface area (Å²) >= 11 is 0. The van der Waals surface area contributed by atoms with Crippen LogP contribution in [0.1, 0.15) is 41.6 Å². The van der Waals surface area contributed by atoms with E-state index in [4.69, 9.17) is 4.74 Å². The zero-order valence-electron chi connectivity index (χ0n) is 18.5. The molecule has 32 heavy (non-hydrogen) atoms. The summed E-state index contributed by atoms with van der Waals surface area (Å²) in [6.45, 7) is 2.54. The molecule has 8 heteroatoms. The number of para-hydroxylation sites is 1. The van der Waals surface area contributed by atoms with Crippen molar-refractivity contribution in [1.82, 2.24) is 13.9 Å². The van der Waals surface area contributed by atoms with Crippen LogP contribution in [0.5, 0.6) is 5.75 Å². The van der Waals surface area contributed by atoms with Crippen molar-refractivity contribution in [3.05, 3.63) is 65.7 Å². The molecular formula is C24H31N3O4S. The van der Waals surface area contributed by atoms with E-state index in [1.807, 2.05) is 30.3 Å². The van der Waals surface area contributed by atoms with E-state index in [-0.39, 0.29) is 11.3 Å². The fourth-order valence-corrected chi connectivity index (χ4v) is 6.45. The third-order valence-corrected chi connectivity index (χ3v) is 8.76. The molecule has 4 rings (SSSR count). The number of amides is 1. The molecule has 0 spiro atoms. The van der Waals surface area contributed by atoms with E-state index in [0.717, 1.165) is 18.4 Å². The van der Waals surface area contributed by atoms with Crippen molar-refractivity contribution < 1.29 is 17.9 Å². The molecule has 0 radical (unpaired) electrons. The van der Waals surface area contributed by atoms with Crippen LogP contribution in [0.15, 0.2) is 54.6 Å². The summed E-state index contributed by atoms with van der Waals surface area (Å²) < 4.78 is 34.6. The molecule has 2 fully saturated rings. The highest BCUT2D eigenvalue weighted by Gasteiger charge is 2.41. The molecular weight excluding hydrogens is 426 g/mol. The number of carbonyl (C=O) groups excluding carboxylic acids is 1. The Morgan fingerprint density at radius 1 is 0.938 bits per heavy atom. The maximum absolute atomic E-state index is 13.0. The lowest BCUT2D eigenvalue weighted by Gasteiger charge is -2.42. The Morgan fingerprint density at radius 2 is 1.53 bits per heavy atom. The van der Waals surface area contributed by atoms with Gasteiger partial charge in [-0.05, 0) is 43.4 Å². The largest absolute Gasteiger partial charge is 0.496 e. The van der Waals surface area contributed by atoms with Gasteiger partial charge in [-0.3, -0.25) is 4.79 Å². The highest BCUT2D eigenvalue weighted by Crippen LogP contribution is 2.36. The summed E-state index contributed by atoms with van der Waals surface area (Å²) in [5.41, 5.74) is 1.29. The van der Waals surface area contributed by atoms with Crippen molar-refractivity contribution in [3.8, 4) is 5.75 Å². The second kappa shape index (κ2) is 9.60. The molecule has 0 aromatic heterocycles. The van der Waals surface area contributed by atoms with Gasteiger partial charge in [-0.2, -0.15) is 17.0 Å². The van der Waals surface area contributed by atoms with Crippen LogP contribution in [0, 0.1) is 0 Å². The first kappa shape index (κ1) is 22.8. The predicted octanol–water partition coefficient (Wildman–Crippen LogP) is 2.80. The molecule has 2 aromatic carbocycles. The van der Waals surface area contributed by atoms with Gasteiger partial charge in [0.05, 0.1) is 12.7 Å². The SMILES string of the molecule is COc1ccccc1C(=O)NCC1(c2ccccc2)CCN(S(=O)(=O)N2CCCC2)CC1. The normalized spacial score (nSPS) is 19.5. The number of carbonyl (C=O) groups is 1. The molecule has 0 bridgehead atoms. The van der Waals surface area contributed by atoms with Crippen molar-refractivity contribution in [2.45, 2.75) is 31.1 Å². The monoisotopic (exact) mass is 457 g/mol. The molecule has 2 saturated heterocycles. The Kier molecular flexibility index (Phi) is 6.83. The van der Waals surface area contributed by atoms with Gasteiger partial charge in [0.25, 0.3) is 16.1 Å². The highest BCUT2D eigenvalue weighted by molar-refractivity contribution is 7.86. The van der Waals surface area contributed by atoms with Crippen molar-refractivity contribution in [2.24, 2.45) is 0 Å². The molecule has 2 aliphatic heterocycles. The molecule has 2 aromatic rings. The molecule has 1 amide bonds. The lowest BCUT2D eigenvalue weighted by atomic mass is 9.73. The average Bonchev–Trinajstić information content (AvgIpc) is 3.39. The molecule has 0 atom stereocenters. The number of nitrogens with zero attached hydrogens (tertiary/aromatic N) is 2. The van der Waals surface area contributed by atoms with E-state index in [0.29, 0.717) is 56.9 Å². The smallest absolute Gasteiger partial charge is 0.281 e. The summed E-state index contributed by atoms with van der Waals surface area (Å²) in [5, 5.41) is 3.09. The van der Waals surface area contributed by atoms with E-state index in [9.17, 15) is 13.2 Å². The van der Waals surface area contributed by atoms with E-state index in [2.05, 4.69) is 17.4 Å². The van der Waals surface area contributed by atoms with Crippen LogP contribution in [0.3, 0.4) is 0 Å². The van der Waals surface area contributed by atoms with Crippen molar-refractivity contribution in [2.75, 3.05) is 39.8 Å². The van der Waals surface area contributed by atoms with Gasteiger partial charge in [0.1, 0.15) is 5.75 Å². The third-order valence-electron chi connectivity index (χ3n) is 6.72. The fraction of sp³-hybridized carbons (Fsp3) is 0.458. The summed E-state index contributed by atoms with van der Waals surface area (Å²) in [6, 6.07) is 17.2. The van der Waals surface area contributed by atoms with Gasteiger partial charge in [0, 0.05) is 38.1 Å². The zero-order chi connectivity index (χ0) is 22.6. The number of ether oxygens (including phenoxy) is 1. The number of nitrogens with one attached hydrogen (secondary N) is 1. The first-order valence-electron chi connectivity index (χ1n) is 11.2. The van der Waals surface area contributed by atoms with Gasteiger partial charge in [-0.25, -0.2) is 0 Å². The van der Waals surface area contributed by atoms with Crippen LogP contribution in [0.25, 0.3) is 0 Å². The number of rotatable bonds is 7. The van der Waals surface area contributed by atoms with Gasteiger partial charge in [0.2, 0.25) is 0 Å². The van der Waals surface area contributed by atoms with Gasteiger partial charge in [-0.15, -0.1) is 0 Å². The number of methoxy groups -OCH3 is 1. The fourth-order valence-electron chi connectivity index (χ4n) is 4.76. The average molecular weight is 458 g/mol. The Hall–Kier alpha value is -2.42. The highest BCUT2D eigenvalue weighted by atomic mass is 32.2. The van der Waals surface area contributed by atoms with E-state index >= 15 is 0 Å². The molecule has 0 saturated carbocycles. The molecule has 0 aliphatic carbocycles. The second-order valence-electron chi connectivity index (χ2n) is 8.54. The summed E-state index contributed by atoms with van der Waals surface area (Å²) in [5.74, 6) is 0.343. The van der Waals surface area contributed by atoms with E-state index in [1.165, 1.54) is 0 Å². The number of hydrogen-bond donors (Lipinski definition) is 1. The number of piperidine rings is 1. The Balaban J connectivity index is 1.51. The molecule has 2 aliphatic rings. The maximum atomic E-state index is 13.0. The quantitative estimate of drug-likeness (QED) is 0.694. The molecule has 2 heterocycles. The van der Waals surface area contributed by atoms with Crippen molar-refractivity contribution >= 4 is 16.1 Å². The van der Waals surface area contributed by atoms with E-state index in [1.54, 1.807) is 27.9 Å². The minimum Gasteiger partial charge on any atom is -0.496 e. The molecule has 0 unspecified atom stereocenters. The third kappa shape index (κ3) is 4.53. The first-order valence-corrected chi connectivity index (χ1v) is 12.6. The van der Waals surface area contributed by atoms with Gasteiger partial charge >= 0.3 is 0 Å². The summed E-state index contributed by atoms with van der Waals surface area (Å²) in [4.78, 5) is 12.9. The Bertz CT molecular complexity index is 1030. The molecule has 7 nitrogen and oxygen atoms in total. The second-order valence-corrected chi connectivity index (χ2v) is 10.5. The van der Waals surface area contributed by atoms with Crippen LogP contribution in [0.2, 0.25) is 0 Å². The summed E-state index contributed by atoms with van der Waals surface area (Å²) in [6.07, 6.45) is 3.15. The van der Waals surface area contributed by atoms with Crippen LogP contribution < -0.4 is 10.1 Å². The zero-order valence-corrected chi connectivity index (χ0v) is 19.3.